The average Bonchev–Trinajstić information content (AvgIpc) is 2.38. The van der Waals surface area contributed by atoms with Crippen LogP contribution in [0.1, 0.15) is 11.7 Å². The third-order valence-corrected chi connectivity index (χ3v) is 2.20. The van der Waals surface area contributed by atoms with E-state index in [1.165, 1.54) is 0 Å². The minimum atomic E-state index is -1.04. The van der Waals surface area contributed by atoms with E-state index in [1.54, 1.807) is 48.7 Å². The molecule has 0 bridgehead atoms. The zero-order chi connectivity index (χ0) is 12.1. The molecule has 0 saturated carbocycles. The predicted molar refractivity (Wildman–Crippen MR) is 61.7 cm³/mol. The van der Waals surface area contributed by atoms with Crippen molar-refractivity contribution >= 4 is 5.97 Å². The average molecular weight is 229 g/mol. The van der Waals surface area contributed by atoms with Crippen LogP contribution in [0.5, 0.6) is 5.88 Å². The summed E-state index contributed by atoms with van der Waals surface area (Å²) in [5.41, 5.74) is 0.589. The molecule has 0 aliphatic rings. The van der Waals surface area contributed by atoms with Crippen LogP contribution in [-0.4, -0.2) is 16.1 Å². The lowest BCUT2D eigenvalue weighted by molar-refractivity contribution is -0.145. The van der Waals surface area contributed by atoms with Gasteiger partial charge in [0.1, 0.15) is 0 Å². The maximum atomic E-state index is 11.2. The van der Waals surface area contributed by atoms with Crippen molar-refractivity contribution < 1.29 is 14.6 Å². The van der Waals surface area contributed by atoms with Crippen LogP contribution in [0, 0.1) is 0 Å². The molecule has 0 aliphatic heterocycles. The van der Waals surface area contributed by atoms with Gasteiger partial charge in [-0.3, -0.25) is 0 Å². The standard InChI is InChI=1S/C13H11NO3/c15-13(16)12(10-6-2-1-3-7-10)17-11-8-4-5-9-14-11/h1-9,12H,(H,15,16)/t12-/m1/s1. The van der Waals surface area contributed by atoms with Gasteiger partial charge in [-0.2, -0.15) is 0 Å². The number of nitrogens with zero attached hydrogens (tertiary/aromatic N) is 1. The Morgan fingerprint density at radius 3 is 2.41 bits per heavy atom. The number of hydrogen-bond donors (Lipinski definition) is 1. The van der Waals surface area contributed by atoms with E-state index in [0.717, 1.165) is 0 Å². The van der Waals surface area contributed by atoms with Crippen LogP contribution in [0.2, 0.25) is 0 Å². The Balaban J connectivity index is 2.23. The fraction of sp³-hybridized carbons (Fsp3) is 0.0769. The van der Waals surface area contributed by atoms with Crippen LogP contribution in [-0.2, 0) is 4.79 Å². The molecule has 0 aliphatic carbocycles. The molecule has 1 aromatic carbocycles. The highest BCUT2D eigenvalue weighted by Crippen LogP contribution is 2.19. The van der Waals surface area contributed by atoms with Gasteiger partial charge in [0.2, 0.25) is 12.0 Å². The number of ether oxygens (including phenoxy) is 1. The zero-order valence-electron chi connectivity index (χ0n) is 8.98. The number of carboxylic acid groups (broad SMARTS) is 1. The first-order chi connectivity index (χ1) is 8.27. The van der Waals surface area contributed by atoms with E-state index in [9.17, 15) is 4.79 Å². The Labute approximate surface area is 98.5 Å². The van der Waals surface area contributed by atoms with Gasteiger partial charge in [0.25, 0.3) is 0 Å². The normalized spacial score (nSPS) is 11.8. The fourth-order valence-corrected chi connectivity index (χ4v) is 1.43. The highest BCUT2D eigenvalue weighted by atomic mass is 16.5. The van der Waals surface area contributed by atoms with E-state index in [0.29, 0.717) is 11.4 Å². The largest absolute Gasteiger partial charge is 0.478 e. The van der Waals surface area contributed by atoms with Crippen LogP contribution >= 0.6 is 0 Å². The number of hydrogen-bond acceptors (Lipinski definition) is 3. The molecule has 0 saturated heterocycles. The molecule has 1 N–H and O–H groups in total. The van der Waals surface area contributed by atoms with Crippen LogP contribution < -0.4 is 4.74 Å². The van der Waals surface area contributed by atoms with Crippen molar-refractivity contribution in [1.82, 2.24) is 4.98 Å². The van der Waals surface area contributed by atoms with Crippen molar-refractivity contribution in [3.8, 4) is 5.88 Å². The summed E-state index contributed by atoms with van der Waals surface area (Å²) in [6.07, 6.45) is 0.519. The second-order valence-electron chi connectivity index (χ2n) is 3.41. The number of aliphatic carboxylic acids is 1. The number of carboxylic acids is 1. The summed E-state index contributed by atoms with van der Waals surface area (Å²) in [5, 5.41) is 9.14. The lowest BCUT2D eigenvalue weighted by atomic mass is 10.1. The second-order valence-corrected chi connectivity index (χ2v) is 3.41. The van der Waals surface area contributed by atoms with Crippen molar-refractivity contribution in [2.45, 2.75) is 6.10 Å². The third-order valence-electron chi connectivity index (χ3n) is 2.20. The van der Waals surface area contributed by atoms with E-state index in [1.807, 2.05) is 6.07 Å². The maximum absolute atomic E-state index is 11.2. The second kappa shape index (κ2) is 5.12. The number of benzene rings is 1. The minimum absolute atomic E-state index is 0.295. The van der Waals surface area contributed by atoms with Gasteiger partial charge >= 0.3 is 5.97 Å². The molecule has 4 nitrogen and oxygen atoms in total. The number of aromatic nitrogens is 1. The number of rotatable bonds is 4. The Morgan fingerprint density at radius 2 is 1.82 bits per heavy atom. The molecule has 17 heavy (non-hydrogen) atoms. The van der Waals surface area contributed by atoms with Crippen molar-refractivity contribution in [2.75, 3.05) is 0 Å². The molecular weight excluding hydrogens is 218 g/mol. The van der Waals surface area contributed by atoms with Gasteiger partial charge in [0, 0.05) is 17.8 Å². The number of pyridine rings is 1. The van der Waals surface area contributed by atoms with E-state index >= 15 is 0 Å². The van der Waals surface area contributed by atoms with Gasteiger partial charge in [-0.1, -0.05) is 36.4 Å². The quantitative estimate of drug-likeness (QED) is 0.873. The van der Waals surface area contributed by atoms with Gasteiger partial charge in [0.15, 0.2) is 0 Å². The monoisotopic (exact) mass is 229 g/mol. The van der Waals surface area contributed by atoms with Gasteiger partial charge in [-0.05, 0) is 6.07 Å². The summed E-state index contributed by atoms with van der Waals surface area (Å²) in [7, 11) is 0. The lowest BCUT2D eigenvalue weighted by Crippen LogP contribution is -2.18. The summed E-state index contributed by atoms with van der Waals surface area (Å²) in [5.74, 6) is -0.745. The smallest absolute Gasteiger partial charge is 0.349 e. The Morgan fingerprint density at radius 1 is 1.12 bits per heavy atom. The molecule has 1 atom stereocenters. The van der Waals surface area contributed by atoms with Crippen LogP contribution in [0.4, 0.5) is 0 Å². The summed E-state index contributed by atoms with van der Waals surface area (Å²) in [6.45, 7) is 0. The van der Waals surface area contributed by atoms with E-state index in [4.69, 9.17) is 9.84 Å². The first-order valence-corrected chi connectivity index (χ1v) is 5.13. The molecule has 2 rings (SSSR count). The number of carbonyl (C=O) groups is 1. The summed E-state index contributed by atoms with van der Waals surface area (Å²) in [6, 6.07) is 13.9. The maximum Gasteiger partial charge on any atom is 0.349 e. The summed E-state index contributed by atoms with van der Waals surface area (Å²) in [4.78, 5) is 15.1. The Kier molecular flexibility index (Phi) is 3.35. The van der Waals surface area contributed by atoms with E-state index in [2.05, 4.69) is 4.98 Å². The van der Waals surface area contributed by atoms with Crippen molar-refractivity contribution in [1.29, 1.82) is 0 Å². The van der Waals surface area contributed by atoms with E-state index < -0.39 is 12.1 Å². The minimum Gasteiger partial charge on any atom is -0.478 e. The predicted octanol–water partition coefficient (Wildman–Crippen LogP) is 2.29. The zero-order valence-corrected chi connectivity index (χ0v) is 8.98. The molecule has 2 aromatic rings. The molecule has 1 heterocycles. The van der Waals surface area contributed by atoms with Crippen molar-refractivity contribution in [3.63, 3.8) is 0 Å². The van der Waals surface area contributed by atoms with Crippen LogP contribution in [0.3, 0.4) is 0 Å². The molecule has 1 aromatic heterocycles. The van der Waals surface area contributed by atoms with Crippen LogP contribution in [0.25, 0.3) is 0 Å². The molecule has 4 heteroatoms. The first kappa shape index (κ1) is 11.1. The molecule has 86 valence electrons. The summed E-state index contributed by atoms with van der Waals surface area (Å²) >= 11 is 0. The summed E-state index contributed by atoms with van der Waals surface area (Å²) < 4.78 is 5.35. The van der Waals surface area contributed by atoms with Crippen molar-refractivity contribution in [2.24, 2.45) is 0 Å². The van der Waals surface area contributed by atoms with Crippen molar-refractivity contribution in [3.05, 3.63) is 60.3 Å². The molecule has 0 amide bonds. The molecule has 0 spiro atoms. The van der Waals surface area contributed by atoms with Crippen LogP contribution in [0.15, 0.2) is 54.7 Å². The molecular formula is C13H11NO3. The Hall–Kier alpha value is -2.36. The van der Waals surface area contributed by atoms with Gasteiger partial charge < -0.3 is 9.84 Å². The highest BCUT2D eigenvalue weighted by molar-refractivity contribution is 5.74. The van der Waals surface area contributed by atoms with Gasteiger partial charge in [-0.15, -0.1) is 0 Å². The van der Waals surface area contributed by atoms with Gasteiger partial charge in [-0.25, -0.2) is 9.78 Å². The van der Waals surface area contributed by atoms with Gasteiger partial charge in [0.05, 0.1) is 0 Å². The fourth-order valence-electron chi connectivity index (χ4n) is 1.43. The molecule has 0 radical (unpaired) electrons. The first-order valence-electron chi connectivity index (χ1n) is 5.13. The topological polar surface area (TPSA) is 59.4 Å². The molecule has 0 unspecified atom stereocenters. The highest BCUT2D eigenvalue weighted by Gasteiger charge is 2.21. The molecule has 0 fully saturated rings. The SMILES string of the molecule is O=C(O)[C@H](Oc1ccccn1)c1ccccc1. The Bertz CT molecular complexity index is 485. The third kappa shape index (κ3) is 2.81. The lowest BCUT2D eigenvalue weighted by Gasteiger charge is -2.14. The van der Waals surface area contributed by atoms with E-state index in [-0.39, 0.29) is 0 Å².